The molecule has 0 amide bonds. The first-order valence-electron chi connectivity index (χ1n) is 6.17. The van der Waals surface area contributed by atoms with E-state index in [1.54, 1.807) is 0 Å². The number of hydrogen-bond acceptors (Lipinski definition) is 2. The zero-order chi connectivity index (χ0) is 10.4. The van der Waals surface area contributed by atoms with Crippen LogP contribution in [-0.2, 0) is 0 Å². The molecule has 1 rings (SSSR count). The minimum Gasteiger partial charge on any atom is -0.310 e. The second-order valence-electron chi connectivity index (χ2n) is 4.87. The summed E-state index contributed by atoms with van der Waals surface area (Å²) in [5.41, 5.74) is 0.393. The van der Waals surface area contributed by atoms with Crippen LogP contribution in [-0.4, -0.2) is 36.6 Å². The van der Waals surface area contributed by atoms with Crippen molar-refractivity contribution in [1.29, 1.82) is 0 Å². The molecule has 1 fully saturated rings. The Morgan fingerprint density at radius 3 is 2.29 bits per heavy atom. The molecule has 1 heterocycles. The quantitative estimate of drug-likeness (QED) is 0.704. The van der Waals surface area contributed by atoms with Crippen LogP contribution >= 0.6 is 0 Å². The fourth-order valence-corrected chi connectivity index (χ4v) is 2.49. The first kappa shape index (κ1) is 12.0. The van der Waals surface area contributed by atoms with Gasteiger partial charge in [0, 0.05) is 12.1 Å². The van der Waals surface area contributed by atoms with Crippen molar-refractivity contribution in [3.63, 3.8) is 0 Å². The van der Waals surface area contributed by atoms with Crippen LogP contribution in [0.5, 0.6) is 0 Å². The monoisotopic (exact) mass is 198 g/mol. The Balaban J connectivity index is 2.36. The highest BCUT2D eigenvalue weighted by atomic mass is 15.2. The van der Waals surface area contributed by atoms with E-state index in [2.05, 4.69) is 31.0 Å². The van der Waals surface area contributed by atoms with Crippen LogP contribution in [0.15, 0.2) is 0 Å². The fraction of sp³-hybridized carbons (Fsp3) is 1.00. The van der Waals surface area contributed by atoms with Gasteiger partial charge in [0.25, 0.3) is 0 Å². The van der Waals surface area contributed by atoms with Crippen molar-refractivity contribution < 1.29 is 0 Å². The molecule has 1 N–H and O–H groups in total. The molecule has 0 aromatic carbocycles. The van der Waals surface area contributed by atoms with Crippen LogP contribution in [0, 0.1) is 0 Å². The van der Waals surface area contributed by atoms with Gasteiger partial charge in [-0.3, -0.25) is 0 Å². The van der Waals surface area contributed by atoms with Crippen LogP contribution in [0.25, 0.3) is 0 Å². The van der Waals surface area contributed by atoms with Crippen molar-refractivity contribution in [2.75, 3.05) is 26.2 Å². The summed E-state index contributed by atoms with van der Waals surface area (Å²) in [6.45, 7) is 11.9. The van der Waals surface area contributed by atoms with Crippen molar-refractivity contribution in [2.45, 2.75) is 52.0 Å². The van der Waals surface area contributed by atoms with E-state index in [0.29, 0.717) is 5.54 Å². The normalized spacial score (nSPS) is 27.4. The highest BCUT2D eigenvalue weighted by Gasteiger charge is 2.29. The lowest BCUT2D eigenvalue weighted by Crippen LogP contribution is -2.47. The molecule has 0 aromatic rings. The number of hydrogen-bond donors (Lipinski definition) is 1. The summed E-state index contributed by atoms with van der Waals surface area (Å²) in [5.74, 6) is 0. The van der Waals surface area contributed by atoms with Crippen LogP contribution in [0.3, 0.4) is 0 Å². The largest absolute Gasteiger partial charge is 0.310 e. The average Bonchev–Trinajstić information content (AvgIpc) is 2.53. The molecule has 84 valence electrons. The minimum absolute atomic E-state index is 0.393. The molecule has 1 aliphatic heterocycles. The van der Waals surface area contributed by atoms with Crippen molar-refractivity contribution in [1.82, 2.24) is 10.2 Å². The Kier molecular flexibility index (Phi) is 4.90. The maximum Gasteiger partial charge on any atom is 0.0280 e. The highest BCUT2D eigenvalue weighted by Crippen LogP contribution is 2.19. The number of nitrogens with one attached hydrogen (secondary N) is 1. The molecule has 2 nitrogen and oxygen atoms in total. The molecule has 1 atom stereocenters. The molecule has 1 saturated heterocycles. The molecule has 1 aliphatic rings. The first-order valence-corrected chi connectivity index (χ1v) is 6.17. The van der Waals surface area contributed by atoms with E-state index in [9.17, 15) is 0 Å². The Bertz CT molecular complexity index is 144. The van der Waals surface area contributed by atoms with Crippen molar-refractivity contribution >= 4 is 0 Å². The molecule has 0 saturated carbocycles. The van der Waals surface area contributed by atoms with E-state index in [1.165, 1.54) is 51.9 Å². The summed E-state index contributed by atoms with van der Waals surface area (Å²) >= 11 is 0. The highest BCUT2D eigenvalue weighted by molar-refractivity contribution is 4.91. The van der Waals surface area contributed by atoms with Gasteiger partial charge < -0.3 is 10.2 Å². The Labute approximate surface area is 89.1 Å². The van der Waals surface area contributed by atoms with Gasteiger partial charge in [0.1, 0.15) is 0 Å². The van der Waals surface area contributed by atoms with E-state index in [-0.39, 0.29) is 0 Å². The lowest BCUT2D eigenvalue weighted by atomic mass is 9.99. The maximum absolute atomic E-state index is 3.64. The van der Waals surface area contributed by atoms with E-state index in [0.717, 1.165) is 0 Å². The predicted octanol–water partition coefficient (Wildman–Crippen LogP) is 2.25. The molecule has 2 heteroatoms. The van der Waals surface area contributed by atoms with Gasteiger partial charge in [-0.1, -0.05) is 13.8 Å². The SMILES string of the molecule is CCCN(CCC)CC1(C)CCCN1. The average molecular weight is 198 g/mol. The second-order valence-corrected chi connectivity index (χ2v) is 4.87. The van der Waals surface area contributed by atoms with E-state index in [4.69, 9.17) is 0 Å². The Morgan fingerprint density at radius 2 is 1.86 bits per heavy atom. The third-order valence-electron chi connectivity index (χ3n) is 3.11. The first-order chi connectivity index (χ1) is 6.70. The molecule has 1 unspecified atom stereocenters. The third-order valence-corrected chi connectivity index (χ3v) is 3.11. The summed E-state index contributed by atoms with van der Waals surface area (Å²) in [6.07, 6.45) is 5.24. The topological polar surface area (TPSA) is 15.3 Å². The molecule has 0 radical (unpaired) electrons. The van der Waals surface area contributed by atoms with Gasteiger partial charge in [-0.2, -0.15) is 0 Å². The van der Waals surface area contributed by atoms with Crippen molar-refractivity contribution in [2.24, 2.45) is 0 Å². The van der Waals surface area contributed by atoms with E-state index < -0.39 is 0 Å². The summed E-state index contributed by atoms with van der Waals surface area (Å²) in [5, 5.41) is 3.64. The molecule has 0 spiro atoms. The lowest BCUT2D eigenvalue weighted by molar-refractivity contribution is 0.203. The predicted molar refractivity (Wildman–Crippen MR) is 62.7 cm³/mol. The Morgan fingerprint density at radius 1 is 1.21 bits per heavy atom. The van der Waals surface area contributed by atoms with Gasteiger partial charge in [0.15, 0.2) is 0 Å². The standard InChI is InChI=1S/C12H26N2/c1-4-9-14(10-5-2)11-12(3)7-6-8-13-12/h13H,4-11H2,1-3H3. The zero-order valence-corrected chi connectivity index (χ0v) is 10.1. The number of nitrogens with zero attached hydrogens (tertiary/aromatic N) is 1. The summed E-state index contributed by atoms with van der Waals surface area (Å²) in [4.78, 5) is 2.61. The lowest BCUT2D eigenvalue weighted by Gasteiger charge is -2.32. The summed E-state index contributed by atoms with van der Waals surface area (Å²) < 4.78 is 0. The number of rotatable bonds is 6. The zero-order valence-electron chi connectivity index (χ0n) is 10.1. The maximum atomic E-state index is 3.64. The molecule has 0 bridgehead atoms. The van der Waals surface area contributed by atoms with Gasteiger partial charge in [0.2, 0.25) is 0 Å². The van der Waals surface area contributed by atoms with Gasteiger partial charge >= 0.3 is 0 Å². The third kappa shape index (κ3) is 3.58. The van der Waals surface area contributed by atoms with Gasteiger partial charge in [-0.25, -0.2) is 0 Å². The molecule has 0 aliphatic carbocycles. The molecular weight excluding hydrogens is 172 g/mol. The fourth-order valence-electron chi connectivity index (χ4n) is 2.49. The van der Waals surface area contributed by atoms with Crippen LogP contribution in [0.2, 0.25) is 0 Å². The second kappa shape index (κ2) is 5.72. The molecular formula is C12H26N2. The van der Waals surface area contributed by atoms with Crippen LogP contribution in [0.4, 0.5) is 0 Å². The smallest absolute Gasteiger partial charge is 0.0280 e. The van der Waals surface area contributed by atoms with Crippen molar-refractivity contribution in [3.8, 4) is 0 Å². The van der Waals surface area contributed by atoms with Gasteiger partial charge in [0.05, 0.1) is 0 Å². The minimum atomic E-state index is 0.393. The van der Waals surface area contributed by atoms with E-state index >= 15 is 0 Å². The Hall–Kier alpha value is -0.0800. The van der Waals surface area contributed by atoms with Crippen LogP contribution < -0.4 is 5.32 Å². The van der Waals surface area contributed by atoms with E-state index in [1.807, 2.05) is 0 Å². The van der Waals surface area contributed by atoms with Crippen LogP contribution in [0.1, 0.15) is 46.5 Å². The molecule has 14 heavy (non-hydrogen) atoms. The van der Waals surface area contributed by atoms with Gasteiger partial charge in [-0.15, -0.1) is 0 Å². The summed E-state index contributed by atoms with van der Waals surface area (Å²) in [6, 6.07) is 0. The molecule has 0 aromatic heterocycles. The van der Waals surface area contributed by atoms with Crippen molar-refractivity contribution in [3.05, 3.63) is 0 Å². The summed E-state index contributed by atoms with van der Waals surface area (Å²) in [7, 11) is 0. The van der Waals surface area contributed by atoms with Gasteiger partial charge in [-0.05, 0) is 52.2 Å².